The summed E-state index contributed by atoms with van der Waals surface area (Å²) in [5.41, 5.74) is 4.37. The number of benzene rings is 2. The lowest BCUT2D eigenvalue weighted by Crippen LogP contribution is -1.95. The van der Waals surface area contributed by atoms with Crippen molar-refractivity contribution in [3.63, 3.8) is 0 Å². The van der Waals surface area contributed by atoms with E-state index in [2.05, 4.69) is 36.4 Å². The van der Waals surface area contributed by atoms with E-state index in [1.54, 1.807) is 0 Å². The number of halogens is 1. The van der Waals surface area contributed by atoms with E-state index >= 15 is 0 Å². The van der Waals surface area contributed by atoms with Gasteiger partial charge in [-0.2, -0.15) is 5.10 Å². The monoisotopic (exact) mass is 375 g/mol. The fourth-order valence-electron chi connectivity index (χ4n) is 1.98. The highest BCUT2D eigenvalue weighted by atomic mass is 79.9. The first-order valence-corrected chi connectivity index (χ1v) is 7.24. The molecule has 0 amide bonds. The van der Waals surface area contributed by atoms with Gasteiger partial charge in [0.15, 0.2) is 0 Å². The molecule has 2 aromatic carbocycles. The summed E-state index contributed by atoms with van der Waals surface area (Å²) in [5, 5.41) is 24.7. The Balaban J connectivity index is 1.83. The molecule has 0 aliphatic heterocycles. The third kappa shape index (κ3) is 3.14. The normalized spacial score (nSPS) is 11.2. The molecule has 1 heterocycles. The predicted molar refractivity (Wildman–Crippen MR) is 89.8 cm³/mol. The van der Waals surface area contributed by atoms with E-state index in [0.717, 1.165) is 11.0 Å². The maximum atomic E-state index is 10.8. The summed E-state index contributed by atoms with van der Waals surface area (Å²) in [4.78, 5) is 17.6. The second-order valence-corrected chi connectivity index (χ2v) is 5.45. The number of anilines is 1. The van der Waals surface area contributed by atoms with Crippen LogP contribution in [0.4, 0.5) is 11.6 Å². The summed E-state index contributed by atoms with van der Waals surface area (Å²) < 4.78 is 0.219. The van der Waals surface area contributed by atoms with Gasteiger partial charge in [0, 0.05) is 17.7 Å². The molecule has 3 rings (SSSR count). The fraction of sp³-hybridized carbons (Fsp3) is 0. The van der Waals surface area contributed by atoms with Crippen molar-refractivity contribution in [3.8, 4) is 5.75 Å². The Hall–Kier alpha value is -2.94. The Morgan fingerprint density at radius 2 is 2.17 bits per heavy atom. The van der Waals surface area contributed by atoms with Crippen LogP contribution < -0.4 is 5.43 Å². The Bertz CT molecular complexity index is 889. The molecule has 1 aromatic heterocycles. The average molecular weight is 376 g/mol. The zero-order chi connectivity index (χ0) is 16.4. The van der Waals surface area contributed by atoms with Crippen LogP contribution in [0.5, 0.6) is 5.75 Å². The molecule has 0 radical (unpaired) electrons. The maximum Gasteiger partial charge on any atom is 0.271 e. The van der Waals surface area contributed by atoms with Gasteiger partial charge in [0.25, 0.3) is 5.69 Å². The number of nitro groups is 1. The van der Waals surface area contributed by atoms with E-state index in [9.17, 15) is 15.2 Å². The number of aromatic amines is 1. The van der Waals surface area contributed by atoms with Crippen molar-refractivity contribution in [2.75, 3.05) is 5.43 Å². The SMILES string of the molecule is O=[N+]([O-])c1cc(Br)c(O)c(/C=N\Nc2nc3ccccc3[nH]2)c1. The first-order valence-electron chi connectivity index (χ1n) is 6.45. The van der Waals surface area contributed by atoms with Crippen molar-refractivity contribution < 1.29 is 10.0 Å². The fourth-order valence-corrected chi connectivity index (χ4v) is 2.44. The predicted octanol–water partition coefficient (Wildman–Crippen LogP) is 3.39. The minimum Gasteiger partial charge on any atom is -0.506 e. The van der Waals surface area contributed by atoms with Gasteiger partial charge in [0.05, 0.1) is 26.6 Å². The highest BCUT2D eigenvalue weighted by Gasteiger charge is 2.13. The van der Waals surface area contributed by atoms with Crippen molar-refractivity contribution in [2.45, 2.75) is 0 Å². The number of hydrogen-bond acceptors (Lipinski definition) is 6. The number of para-hydroxylation sites is 2. The van der Waals surface area contributed by atoms with Crippen molar-refractivity contribution >= 4 is 44.8 Å². The number of non-ortho nitro benzene ring substituents is 1. The third-order valence-electron chi connectivity index (χ3n) is 3.05. The molecular formula is C14H10BrN5O3. The molecule has 0 atom stereocenters. The van der Waals surface area contributed by atoms with Crippen LogP contribution in [-0.4, -0.2) is 26.2 Å². The summed E-state index contributed by atoms with van der Waals surface area (Å²) in [6.07, 6.45) is 1.28. The smallest absolute Gasteiger partial charge is 0.271 e. The van der Waals surface area contributed by atoms with Crippen molar-refractivity contribution in [1.82, 2.24) is 9.97 Å². The van der Waals surface area contributed by atoms with Gasteiger partial charge in [0.2, 0.25) is 5.95 Å². The quantitative estimate of drug-likeness (QED) is 0.367. The van der Waals surface area contributed by atoms with E-state index in [1.165, 1.54) is 18.3 Å². The minimum atomic E-state index is -0.547. The third-order valence-corrected chi connectivity index (χ3v) is 3.66. The zero-order valence-electron chi connectivity index (χ0n) is 11.5. The minimum absolute atomic E-state index is 0.134. The van der Waals surface area contributed by atoms with Crippen LogP contribution in [0.25, 0.3) is 11.0 Å². The molecule has 0 unspecified atom stereocenters. The topological polar surface area (TPSA) is 116 Å². The van der Waals surface area contributed by atoms with Gasteiger partial charge < -0.3 is 10.1 Å². The van der Waals surface area contributed by atoms with Crippen molar-refractivity contribution in [1.29, 1.82) is 0 Å². The molecule has 0 aliphatic carbocycles. The number of aromatic hydroxyl groups is 1. The molecule has 0 spiro atoms. The molecule has 9 heteroatoms. The van der Waals surface area contributed by atoms with Gasteiger partial charge in [-0.25, -0.2) is 10.4 Å². The molecule has 0 fully saturated rings. The first kappa shape index (κ1) is 15.0. The van der Waals surface area contributed by atoms with E-state index in [-0.39, 0.29) is 21.5 Å². The molecule has 23 heavy (non-hydrogen) atoms. The van der Waals surface area contributed by atoms with Crippen LogP contribution >= 0.6 is 15.9 Å². The van der Waals surface area contributed by atoms with Crippen LogP contribution in [0.15, 0.2) is 46.0 Å². The van der Waals surface area contributed by atoms with E-state index in [1.807, 2.05) is 24.3 Å². The van der Waals surface area contributed by atoms with Gasteiger partial charge in [-0.15, -0.1) is 0 Å². The van der Waals surface area contributed by atoms with E-state index in [0.29, 0.717) is 5.95 Å². The van der Waals surface area contributed by atoms with Gasteiger partial charge in [-0.05, 0) is 28.1 Å². The Morgan fingerprint density at radius 1 is 1.39 bits per heavy atom. The van der Waals surface area contributed by atoms with Crippen LogP contribution in [-0.2, 0) is 0 Å². The molecule has 0 aliphatic rings. The lowest BCUT2D eigenvalue weighted by Gasteiger charge is -2.02. The highest BCUT2D eigenvalue weighted by Crippen LogP contribution is 2.31. The number of fused-ring (bicyclic) bond motifs is 1. The molecule has 3 N–H and O–H groups in total. The second kappa shape index (κ2) is 6.05. The lowest BCUT2D eigenvalue weighted by molar-refractivity contribution is -0.385. The number of rotatable bonds is 4. The van der Waals surface area contributed by atoms with Crippen LogP contribution in [0.1, 0.15) is 5.56 Å². The molecule has 8 nitrogen and oxygen atoms in total. The summed E-state index contributed by atoms with van der Waals surface area (Å²) in [7, 11) is 0. The first-order chi connectivity index (χ1) is 11.0. The molecule has 0 saturated heterocycles. The van der Waals surface area contributed by atoms with Crippen LogP contribution in [0, 0.1) is 10.1 Å². The molecule has 3 aromatic rings. The van der Waals surface area contributed by atoms with Crippen LogP contribution in [0.2, 0.25) is 0 Å². The van der Waals surface area contributed by atoms with E-state index < -0.39 is 4.92 Å². The van der Waals surface area contributed by atoms with Crippen molar-refractivity contribution in [3.05, 3.63) is 56.5 Å². The molecular weight excluding hydrogens is 366 g/mol. The van der Waals surface area contributed by atoms with E-state index in [4.69, 9.17) is 0 Å². The number of hydrazone groups is 1. The maximum absolute atomic E-state index is 10.8. The second-order valence-electron chi connectivity index (χ2n) is 4.60. The summed E-state index contributed by atoms with van der Waals surface area (Å²) in [5.74, 6) is 0.289. The number of nitrogens with one attached hydrogen (secondary N) is 2. The summed E-state index contributed by atoms with van der Waals surface area (Å²) in [6, 6.07) is 9.93. The van der Waals surface area contributed by atoms with Crippen molar-refractivity contribution in [2.24, 2.45) is 5.10 Å². The Morgan fingerprint density at radius 3 is 2.91 bits per heavy atom. The standard InChI is InChI=1S/C14H10BrN5O3/c15-10-6-9(20(22)23)5-8(13(10)21)7-16-19-14-17-11-3-1-2-4-12(11)18-14/h1-7,21H,(H2,17,18,19)/b16-7-. The van der Waals surface area contributed by atoms with Crippen LogP contribution in [0.3, 0.4) is 0 Å². The lowest BCUT2D eigenvalue weighted by atomic mass is 10.2. The summed E-state index contributed by atoms with van der Waals surface area (Å²) >= 11 is 3.07. The average Bonchev–Trinajstić information content (AvgIpc) is 2.93. The summed E-state index contributed by atoms with van der Waals surface area (Å²) in [6.45, 7) is 0. The van der Waals surface area contributed by atoms with Gasteiger partial charge in [-0.1, -0.05) is 12.1 Å². The van der Waals surface area contributed by atoms with Gasteiger partial charge >= 0.3 is 0 Å². The number of H-pyrrole nitrogens is 1. The number of hydrogen-bond donors (Lipinski definition) is 3. The number of nitrogens with zero attached hydrogens (tertiary/aromatic N) is 3. The number of nitro benzene ring substituents is 1. The molecule has 116 valence electrons. The number of aromatic nitrogens is 2. The Labute approximate surface area is 138 Å². The number of phenolic OH excluding ortho intramolecular Hbond substituents is 1. The number of phenols is 1. The van der Waals surface area contributed by atoms with Gasteiger partial charge in [0.1, 0.15) is 5.75 Å². The largest absolute Gasteiger partial charge is 0.506 e. The Kier molecular flexibility index (Phi) is 3.94. The molecule has 0 bridgehead atoms. The molecule has 0 saturated carbocycles. The van der Waals surface area contributed by atoms with Gasteiger partial charge in [-0.3, -0.25) is 10.1 Å². The highest BCUT2D eigenvalue weighted by molar-refractivity contribution is 9.10. The zero-order valence-corrected chi connectivity index (χ0v) is 13.1. The number of imidazole rings is 1.